The van der Waals surface area contributed by atoms with Crippen molar-refractivity contribution < 1.29 is 14.3 Å². The average Bonchev–Trinajstić information content (AvgIpc) is 2.83. The molecule has 1 atom stereocenters. The fourth-order valence-corrected chi connectivity index (χ4v) is 2.89. The molecule has 1 N–H and O–H groups in total. The molecule has 1 aromatic rings. The second-order valence-corrected chi connectivity index (χ2v) is 6.64. The molecule has 2 rings (SSSR count). The second-order valence-electron chi connectivity index (χ2n) is 6.64. The number of hydrogen-bond donors (Lipinski definition) is 1. The molecule has 0 bridgehead atoms. The lowest BCUT2D eigenvalue weighted by molar-refractivity contribution is -0.127. The number of methoxy groups -OCH3 is 1. The summed E-state index contributed by atoms with van der Waals surface area (Å²) < 4.78 is 5.15. The zero-order valence-corrected chi connectivity index (χ0v) is 14.4. The molecule has 1 heterocycles. The van der Waals surface area contributed by atoms with Crippen LogP contribution in [0.15, 0.2) is 24.3 Å². The first-order valence-corrected chi connectivity index (χ1v) is 8.14. The number of rotatable bonds is 6. The van der Waals surface area contributed by atoms with Crippen LogP contribution in [-0.4, -0.2) is 31.0 Å². The first-order valence-electron chi connectivity index (χ1n) is 8.14. The van der Waals surface area contributed by atoms with Crippen molar-refractivity contribution in [3.8, 4) is 5.75 Å². The number of carbonyl (C=O) groups excluding carboxylic acids is 2. The van der Waals surface area contributed by atoms with E-state index in [0.29, 0.717) is 25.3 Å². The predicted octanol–water partition coefficient (Wildman–Crippen LogP) is 2.74. The Bertz CT molecular complexity index is 568. The van der Waals surface area contributed by atoms with Crippen LogP contribution in [-0.2, 0) is 9.59 Å². The van der Waals surface area contributed by atoms with Gasteiger partial charge in [0.15, 0.2) is 0 Å². The molecule has 0 aromatic heterocycles. The highest BCUT2D eigenvalue weighted by molar-refractivity contribution is 6.06. The minimum atomic E-state index is -0.831. The van der Waals surface area contributed by atoms with Gasteiger partial charge in [-0.1, -0.05) is 13.8 Å². The molecule has 0 aliphatic carbocycles. The Hall–Kier alpha value is -2.04. The van der Waals surface area contributed by atoms with Crippen molar-refractivity contribution in [3.63, 3.8) is 0 Å². The van der Waals surface area contributed by atoms with E-state index in [4.69, 9.17) is 4.74 Å². The van der Waals surface area contributed by atoms with Crippen LogP contribution in [0.5, 0.6) is 5.75 Å². The lowest BCUT2D eigenvalue weighted by Crippen LogP contribution is -2.55. The highest BCUT2D eigenvalue weighted by Crippen LogP contribution is 2.35. The van der Waals surface area contributed by atoms with Crippen molar-refractivity contribution in [1.29, 1.82) is 0 Å². The van der Waals surface area contributed by atoms with Crippen molar-refractivity contribution in [2.75, 3.05) is 18.6 Å². The lowest BCUT2D eigenvalue weighted by atomic mass is 9.96. The molecule has 2 amide bonds. The molecule has 1 saturated heterocycles. The van der Waals surface area contributed by atoms with E-state index >= 15 is 0 Å². The van der Waals surface area contributed by atoms with Gasteiger partial charge in [0.2, 0.25) is 11.8 Å². The van der Waals surface area contributed by atoms with E-state index in [1.807, 2.05) is 19.1 Å². The summed E-state index contributed by atoms with van der Waals surface area (Å²) in [6.07, 6.45) is 1.85. The molecule has 0 radical (unpaired) electrons. The number of nitrogens with one attached hydrogen (secondary N) is 1. The molecule has 1 aromatic carbocycles. The van der Waals surface area contributed by atoms with E-state index in [0.717, 1.165) is 17.9 Å². The normalized spacial score (nSPS) is 20.9. The number of anilines is 1. The van der Waals surface area contributed by atoms with Crippen molar-refractivity contribution in [1.82, 2.24) is 5.32 Å². The summed E-state index contributed by atoms with van der Waals surface area (Å²) in [6.45, 7) is 6.72. The van der Waals surface area contributed by atoms with Gasteiger partial charge in [-0.3, -0.25) is 14.5 Å². The Morgan fingerprint density at radius 2 is 2.00 bits per heavy atom. The number of carbonyl (C=O) groups is 2. The highest BCUT2D eigenvalue weighted by atomic mass is 16.5. The van der Waals surface area contributed by atoms with Gasteiger partial charge < -0.3 is 10.1 Å². The van der Waals surface area contributed by atoms with E-state index in [9.17, 15) is 9.59 Å². The number of nitrogens with zero attached hydrogens (tertiary/aromatic N) is 1. The molecule has 0 saturated carbocycles. The molecular weight excluding hydrogens is 292 g/mol. The highest BCUT2D eigenvalue weighted by Gasteiger charge is 2.47. The fourth-order valence-electron chi connectivity index (χ4n) is 2.89. The second kappa shape index (κ2) is 7.02. The minimum absolute atomic E-state index is 0.0170. The summed E-state index contributed by atoms with van der Waals surface area (Å²) in [6, 6.07) is 7.25. The molecule has 1 aliphatic heterocycles. The van der Waals surface area contributed by atoms with Gasteiger partial charge in [0.1, 0.15) is 11.3 Å². The number of amides is 2. The summed E-state index contributed by atoms with van der Waals surface area (Å²) in [5.74, 6) is 1.16. The van der Waals surface area contributed by atoms with Crippen molar-refractivity contribution in [2.24, 2.45) is 5.92 Å². The largest absolute Gasteiger partial charge is 0.497 e. The van der Waals surface area contributed by atoms with Crippen LogP contribution in [0.25, 0.3) is 0 Å². The first kappa shape index (κ1) is 17.3. The SMILES string of the molecule is COc1ccc(N2C(=O)CCC2(C)C(=O)NCCC(C)C)cc1. The third kappa shape index (κ3) is 3.66. The molecule has 1 unspecified atom stereocenters. The average molecular weight is 318 g/mol. The topological polar surface area (TPSA) is 58.6 Å². The third-order valence-corrected chi connectivity index (χ3v) is 4.40. The van der Waals surface area contributed by atoms with Gasteiger partial charge in [-0.15, -0.1) is 0 Å². The van der Waals surface area contributed by atoms with E-state index in [2.05, 4.69) is 19.2 Å². The smallest absolute Gasteiger partial charge is 0.246 e. The van der Waals surface area contributed by atoms with E-state index in [1.165, 1.54) is 0 Å². The monoisotopic (exact) mass is 318 g/mol. The van der Waals surface area contributed by atoms with Crippen LogP contribution in [0.4, 0.5) is 5.69 Å². The Balaban J connectivity index is 2.18. The van der Waals surface area contributed by atoms with Crippen molar-refractivity contribution in [3.05, 3.63) is 24.3 Å². The molecule has 23 heavy (non-hydrogen) atoms. The van der Waals surface area contributed by atoms with Gasteiger partial charge in [0.05, 0.1) is 7.11 Å². The predicted molar refractivity (Wildman–Crippen MR) is 90.6 cm³/mol. The summed E-state index contributed by atoms with van der Waals surface area (Å²) in [7, 11) is 1.60. The summed E-state index contributed by atoms with van der Waals surface area (Å²) in [4.78, 5) is 26.6. The Morgan fingerprint density at radius 3 is 2.57 bits per heavy atom. The van der Waals surface area contributed by atoms with Gasteiger partial charge in [-0.2, -0.15) is 0 Å². The zero-order chi connectivity index (χ0) is 17.0. The fraction of sp³-hybridized carbons (Fsp3) is 0.556. The molecule has 1 aliphatic rings. The number of benzene rings is 1. The van der Waals surface area contributed by atoms with E-state index < -0.39 is 5.54 Å². The molecule has 5 nitrogen and oxygen atoms in total. The molecule has 126 valence electrons. The Morgan fingerprint density at radius 1 is 1.35 bits per heavy atom. The van der Waals surface area contributed by atoms with Gasteiger partial charge >= 0.3 is 0 Å². The van der Waals surface area contributed by atoms with Gasteiger partial charge in [0, 0.05) is 18.7 Å². The summed E-state index contributed by atoms with van der Waals surface area (Å²) in [5.41, 5.74) is -0.0994. The quantitative estimate of drug-likeness (QED) is 0.877. The lowest BCUT2D eigenvalue weighted by Gasteiger charge is -2.34. The first-order chi connectivity index (χ1) is 10.9. The molecule has 0 spiro atoms. The van der Waals surface area contributed by atoms with Gasteiger partial charge in [-0.05, 0) is 49.9 Å². The molecular formula is C18H26N2O3. The Kier molecular flexibility index (Phi) is 5.29. The zero-order valence-electron chi connectivity index (χ0n) is 14.4. The molecule has 5 heteroatoms. The third-order valence-electron chi connectivity index (χ3n) is 4.40. The van der Waals surface area contributed by atoms with Crippen LogP contribution in [0.2, 0.25) is 0 Å². The van der Waals surface area contributed by atoms with E-state index in [1.54, 1.807) is 24.1 Å². The van der Waals surface area contributed by atoms with Crippen LogP contribution in [0, 0.1) is 5.92 Å². The number of ether oxygens (including phenoxy) is 1. The van der Waals surface area contributed by atoms with Crippen LogP contribution >= 0.6 is 0 Å². The van der Waals surface area contributed by atoms with Crippen LogP contribution < -0.4 is 15.0 Å². The molecule has 1 fully saturated rings. The number of hydrogen-bond acceptors (Lipinski definition) is 3. The maximum absolute atomic E-state index is 12.7. The maximum atomic E-state index is 12.7. The van der Waals surface area contributed by atoms with E-state index in [-0.39, 0.29) is 11.8 Å². The summed E-state index contributed by atoms with van der Waals surface area (Å²) in [5, 5.41) is 2.98. The Labute approximate surface area is 138 Å². The van der Waals surface area contributed by atoms with Crippen molar-refractivity contribution >= 4 is 17.5 Å². The van der Waals surface area contributed by atoms with Crippen LogP contribution in [0.1, 0.15) is 40.0 Å². The minimum Gasteiger partial charge on any atom is -0.497 e. The standard InChI is InChI=1S/C18H26N2O3/c1-13(2)10-12-19-17(22)18(3)11-9-16(21)20(18)14-5-7-15(23-4)8-6-14/h5-8,13H,9-12H2,1-4H3,(H,19,22). The maximum Gasteiger partial charge on any atom is 0.246 e. The van der Waals surface area contributed by atoms with Crippen molar-refractivity contribution in [2.45, 2.75) is 45.6 Å². The van der Waals surface area contributed by atoms with Gasteiger partial charge in [-0.25, -0.2) is 0 Å². The van der Waals surface area contributed by atoms with Gasteiger partial charge in [0.25, 0.3) is 0 Å². The van der Waals surface area contributed by atoms with Crippen LogP contribution in [0.3, 0.4) is 0 Å². The summed E-state index contributed by atoms with van der Waals surface area (Å²) >= 11 is 0.